The Hall–Kier alpha value is -2.08. The van der Waals surface area contributed by atoms with E-state index in [4.69, 9.17) is 4.42 Å². The summed E-state index contributed by atoms with van der Waals surface area (Å²) in [4.78, 5) is 26.0. The summed E-state index contributed by atoms with van der Waals surface area (Å²) < 4.78 is 5.26. The number of nitrogens with one attached hydrogen (secondary N) is 2. The first-order valence-electron chi connectivity index (χ1n) is 8.44. The Kier molecular flexibility index (Phi) is 5.35. The normalized spacial score (nSPS) is 13.4. The first kappa shape index (κ1) is 16.8. The molecule has 0 spiro atoms. The van der Waals surface area contributed by atoms with Crippen molar-refractivity contribution in [2.24, 2.45) is 0 Å². The molecule has 1 aliphatic carbocycles. The number of carbonyl (C=O) groups excluding carboxylic acids is 2. The second-order valence-corrected chi connectivity index (χ2v) is 7.08. The van der Waals surface area contributed by atoms with Crippen LogP contribution in [0.25, 0.3) is 0 Å². The molecule has 2 aromatic heterocycles. The molecular weight excluding hydrogens is 324 g/mol. The van der Waals surface area contributed by atoms with Gasteiger partial charge in [0, 0.05) is 11.3 Å². The highest BCUT2D eigenvalue weighted by Crippen LogP contribution is 2.38. The fourth-order valence-corrected chi connectivity index (χ4v) is 4.28. The number of rotatable bonds is 6. The molecule has 0 bridgehead atoms. The van der Waals surface area contributed by atoms with Crippen LogP contribution in [0.2, 0.25) is 0 Å². The van der Waals surface area contributed by atoms with E-state index < -0.39 is 0 Å². The third-order valence-corrected chi connectivity index (χ3v) is 5.34. The van der Waals surface area contributed by atoms with Gasteiger partial charge in [-0.05, 0) is 49.8 Å². The molecule has 128 valence electrons. The Morgan fingerprint density at radius 2 is 2.12 bits per heavy atom. The number of amides is 2. The first-order chi connectivity index (χ1) is 11.7. The summed E-state index contributed by atoms with van der Waals surface area (Å²) in [5.74, 6) is 0.540. The van der Waals surface area contributed by atoms with Crippen LogP contribution in [0.15, 0.2) is 22.8 Å². The molecule has 1 aliphatic rings. The molecule has 2 heterocycles. The summed E-state index contributed by atoms with van der Waals surface area (Å²) in [5.41, 5.74) is 1.75. The van der Waals surface area contributed by atoms with Gasteiger partial charge in [-0.1, -0.05) is 6.92 Å². The second kappa shape index (κ2) is 7.66. The summed E-state index contributed by atoms with van der Waals surface area (Å²) in [7, 11) is 0. The lowest BCUT2D eigenvalue weighted by atomic mass is 9.95. The summed E-state index contributed by atoms with van der Waals surface area (Å²) in [6.07, 6.45) is 6.96. The molecule has 2 amide bonds. The van der Waals surface area contributed by atoms with Gasteiger partial charge in [-0.3, -0.25) is 9.59 Å². The van der Waals surface area contributed by atoms with Gasteiger partial charge in [0.2, 0.25) is 5.91 Å². The quantitative estimate of drug-likeness (QED) is 0.833. The maximum atomic E-state index is 12.7. The SMILES string of the molecule is CCCC(=O)Nc1sc2c(c1C(=O)NCc1ccco1)CCCC2. The smallest absolute Gasteiger partial charge is 0.254 e. The van der Waals surface area contributed by atoms with Crippen molar-refractivity contribution in [3.63, 3.8) is 0 Å². The Labute approximate surface area is 145 Å². The van der Waals surface area contributed by atoms with Gasteiger partial charge in [0.1, 0.15) is 10.8 Å². The predicted octanol–water partition coefficient (Wildman–Crippen LogP) is 3.89. The van der Waals surface area contributed by atoms with Crippen LogP contribution in [-0.2, 0) is 24.2 Å². The van der Waals surface area contributed by atoms with Crippen molar-refractivity contribution in [1.82, 2.24) is 5.32 Å². The summed E-state index contributed by atoms with van der Waals surface area (Å²) in [6.45, 7) is 2.31. The van der Waals surface area contributed by atoms with Gasteiger partial charge >= 0.3 is 0 Å². The fraction of sp³-hybridized carbons (Fsp3) is 0.444. The van der Waals surface area contributed by atoms with Crippen molar-refractivity contribution in [3.05, 3.63) is 40.2 Å². The number of carbonyl (C=O) groups is 2. The highest BCUT2D eigenvalue weighted by Gasteiger charge is 2.26. The Bertz CT molecular complexity index is 719. The van der Waals surface area contributed by atoms with Crippen LogP contribution in [0, 0.1) is 0 Å². The molecule has 0 saturated carbocycles. The number of thiophene rings is 1. The molecular formula is C18H22N2O3S. The second-order valence-electron chi connectivity index (χ2n) is 5.98. The van der Waals surface area contributed by atoms with Crippen LogP contribution >= 0.6 is 11.3 Å². The molecule has 0 saturated heterocycles. The maximum Gasteiger partial charge on any atom is 0.254 e. The molecule has 0 fully saturated rings. The van der Waals surface area contributed by atoms with E-state index in [1.807, 2.05) is 13.0 Å². The zero-order valence-corrected chi connectivity index (χ0v) is 14.6. The molecule has 0 unspecified atom stereocenters. The molecule has 3 rings (SSSR count). The van der Waals surface area contributed by atoms with Crippen molar-refractivity contribution in [2.75, 3.05) is 5.32 Å². The Morgan fingerprint density at radius 1 is 1.29 bits per heavy atom. The highest BCUT2D eigenvalue weighted by molar-refractivity contribution is 7.17. The van der Waals surface area contributed by atoms with E-state index in [1.54, 1.807) is 23.7 Å². The molecule has 2 aromatic rings. The van der Waals surface area contributed by atoms with Crippen LogP contribution in [0.5, 0.6) is 0 Å². The monoisotopic (exact) mass is 346 g/mol. The predicted molar refractivity (Wildman–Crippen MR) is 94.4 cm³/mol. The molecule has 5 nitrogen and oxygen atoms in total. The fourth-order valence-electron chi connectivity index (χ4n) is 2.98. The van der Waals surface area contributed by atoms with Crippen LogP contribution in [-0.4, -0.2) is 11.8 Å². The number of hydrogen-bond donors (Lipinski definition) is 2. The average molecular weight is 346 g/mol. The van der Waals surface area contributed by atoms with E-state index in [0.29, 0.717) is 29.3 Å². The zero-order valence-electron chi connectivity index (χ0n) is 13.8. The number of furan rings is 1. The number of aryl methyl sites for hydroxylation is 1. The summed E-state index contributed by atoms with van der Waals surface area (Å²) >= 11 is 1.55. The van der Waals surface area contributed by atoms with E-state index in [-0.39, 0.29) is 11.8 Å². The van der Waals surface area contributed by atoms with Gasteiger partial charge in [-0.25, -0.2) is 0 Å². The van der Waals surface area contributed by atoms with Gasteiger partial charge in [0.15, 0.2) is 0 Å². The molecule has 0 atom stereocenters. The largest absolute Gasteiger partial charge is 0.467 e. The average Bonchev–Trinajstić information content (AvgIpc) is 3.20. The van der Waals surface area contributed by atoms with Crippen LogP contribution < -0.4 is 10.6 Å². The van der Waals surface area contributed by atoms with Gasteiger partial charge < -0.3 is 15.1 Å². The van der Waals surface area contributed by atoms with Crippen molar-refractivity contribution in [3.8, 4) is 0 Å². The van der Waals surface area contributed by atoms with Gasteiger partial charge in [0.25, 0.3) is 5.91 Å². The van der Waals surface area contributed by atoms with E-state index in [1.165, 1.54) is 4.88 Å². The van der Waals surface area contributed by atoms with Gasteiger partial charge in [-0.2, -0.15) is 0 Å². The van der Waals surface area contributed by atoms with Crippen LogP contribution in [0.3, 0.4) is 0 Å². The van der Waals surface area contributed by atoms with E-state index >= 15 is 0 Å². The minimum absolute atomic E-state index is 0.0313. The third-order valence-electron chi connectivity index (χ3n) is 4.13. The number of hydrogen-bond acceptors (Lipinski definition) is 4. The molecule has 0 radical (unpaired) electrons. The molecule has 0 aromatic carbocycles. The lowest BCUT2D eigenvalue weighted by molar-refractivity contribution is -0.116. The minimum atomic E-state index is -0.141. The summed E-state index contributed by atoms with van der Waals surface area (Å²) in [6, 6.07) is 3.62. The molecule has 6 heteroatoms. The number of fused-ring (bicyclic) bond motifs is 1. The zero-order chi connectivity index (χ0) is 16.9. The van der Waals surface area contributed by atoms with E-state index in [9.17, 15) is 9.59 Å². The van der Waals surface area contributed by atoms with Gasteiger partial charge in [-0.15, -0.1) is 11.3 Å². The lowest BCUT2D eigenvalue weighted by Gasteiger charge is -2.13. The molecule has 24 heavy (non-hydrogen) atoms. The molecule has 0 aliphatic heterocycles. The third kappa shape index (κ3) is 3.70. The first-order valence-corrected chi connectivity index (χ1v) is 9.25. The van der Waals surface area contributed by atoms with Gasteiger partial charge in [0.05, 0.1) is 18.4 Å². The van der Waals surface area contributed by atoms with Crippen molar-refractivity contribution < 1.29 is 14.0 Å². The van der Waals surface area contributed by atoms with Crippen molar-refractivity contribution >= 4 is 28.2 Å². The standard InChI is InChI=1S/C18H22N2O3S/c1-2-6-15(21)20-18-16(13-8-3-4-9-14(13)24-18)17(22)19-11-12-7-5-10-23-12/h5,7,10H,2-4,6,8-9,11H2,1H3,(H,19,22)(H,20,21). The topological polar surface area (TPSA) is 71.3 Å². The lowest BCUT2D eigenvalue weighted by Crippen LogP contribution is -2.25. The van der Waals surface area contributed by atoms with Crippen LogP contribution in [0.1, 0.15) is 59.2 Å². The van der Waals surface area contributed by atoms with E-state index in [0.717, 1.165) is 37.7 Å². The summed E-state index contributed by atoms with van der Waals surface area (Å²) in [5, 5.41) is 6.54. The highest BCUT2D eigenvalue weighted by atomic mass is 32.1. The van der Waals surface area contributed by atoms with Crippen molar-refractivity contribution in [1.29, 1.82) is 0 Å². The molecule has 2 N–H and O–H groups in total. The Morgan fingerprint density at radius 3 is 2.88 bits per heavy atom. The van der Waals surface area contributed by atoms with E-state index in [2.05, 4.69) is 10.6 Å². The van der Waals surface area contributed by atoms with Crippen LogP contribution in [0.4, 0.5) is 5.00 Å². The van der Waals surface area contributed by atoms with Crippen molar-refractivity contribution in [2.45, 2.75) is 52.0 Å². The Balaban J connectivity index is 1.81. The minimum Gasteiger partial charge on any atom is -0.467 e. The maximum absolute atomic E-state index is 12.7. The number of anilines is 1.